The molecule has 0 aliphatic carbocycles. The van der Waals surface area contributed by atoms with E-state index < -0.39 is 17.9 Å². The van der Waals surface area contributed by atoms with Crippen molar-refractivity contribution >= 4 is 11.9 Å². The van der Waals surface area contributed by atoms with Crippen molar-refractivity contribution in [3.63, 3.8) is 0 Å². The van der Waals surface area contributed by atoms with Crippen LogP contribution in [0, 0.1) is 12.8 Å². The third-order valence-corrected chi connectivity index (χ3v) is 3.34. The van der Waals surface area contributed by atoms with Crippen LogP contribution >= 0.6 is 0 Å². The minimum atomic E-state index is -1.06. The van der Waals surface area contributed by atoms with Gasteiger partial charge < -0.3 is 10.4 Å². The standard InChI is InChI=1S/C16H20N4O3/c1-10(2)8-13(16(22)23)17-15(21)14-9-20(19-18-14)12-6-4-11(3)5-7-12/h4-7,9-10,13H,8H2,1-3H3,(H,17,21)(H,22,23)/t13-/m0/s1. The number of amides is 1. The summed E-state index contributed by atoms with van der Waals surface area (Å²) in [7, 11) is 0. The first-order chi connectivity index (χ1) is 10.9. The van der Waals surface area contributed by atoms with Gasteiger partial charge in [-0.15, -0.1) is 5.10 Å². The number of aromatic nitrogens is 3. The van der Waals surface area contributed by atoms with Crippen molar-refractivity contribution in [3.8, 4) is 5.69 Å². The number of nitrogens with one attached hydrogen (secondary N) is 1. The molecule has 0 unspecified atom stereocenters. The second kappa shape index (κ2) is 7.04. The maximum absolute atomic E-state index is 12.1. The number of carbonyl (C=O) groups excluding carboxylic acids is 1. The molecule has 0 aliphatic heterocycles. The van der Waals surface area contributed by atoms with Crippen LogP contribution in [-0.2, 0) is 4.79 Å². The minimum Gasteiger partial charge on any atom is -0.480 e. The quantitative estimate of drug-likeness (QED) is 0.847. The van der Waals surface area contributed by atoms with Crippen molar-refractivity contribution in [2.75, 3.05) is 0 Å². The summed E-state index contributed by atoms with van der Waals surface area (Å²) < 4.78 is 1.48. The van der Waals surface area contributed by atoms with Crippen molar-refractivity contribution in [3.05, 3.63) is 41.7 Å². The summed E-state index contributed by atoms with van der Waals surface area (Å²) in [6.45, 7) is 5.77. The van der Waals surface area contributed by atoms with E-state index in [-0.39, 0.29) is 11.6 Å². The van der Waals surface area contributed by atoms with Crippen LogP contribution in [0.4, 0.5) is 0 Å². The van der Waals surface area contributed by atoms with Crippen LogP contribution < -0.4 is 5.32 Å². The highest BCUT2D eigenvalue weighted by Crippen LogP contribution is 2.09. The second-order valence-electron chi connectivity index (χ2n) is 5.88. The Kier molecular flexibility index (Phi) is 5.10. The summed E-state index contributed by atoms with van der Waals surface area (Å²) in [6.07, 6.45) is 1.83. The normalized spacial score (nSPS) is 12.2. The van der Waals surface area contributed by atoms with E-state index in [0.29, 0.717) is 6.42 Å². The van der Waals surface area contributed by atoms with Gasteiger partial charge in [0.25, 0.3) is 5.91 Å². The molecule has 1 aromatic heterocycles. The number of carbonyl (C=O) groups is 2. The van der Waals surface area contributed by atoms with E-state index >= 15 is 0 Å². The molecule has 23 heavy (non-hydrogen) atoms. The number of aryl methyl sites for hydroxylation is 1. The number of carboxylic acids is 1. The second-order valence-corrected chi connectivity index (χ2v) is 5.88. The smallest absolute Gasteiger partial charge is 0.326 e. The van der Waals surface area contributed by atoms with Crippen LogP contribution in [0.2, 0.25) is 0 Å². The van der Waals surface area contributed by atoms with E-state index in [1.165, 1.54) is 10.9 Å². The molecule has 1 amide bonds. The van der Waals surface area contributed by atoms with Gasteiger partial charge in [-0.3, -0.25) is 4.79 Å². The first-order valence-corrected chi connectivity index (χ1v) is 7.40. The van der Waals surface area contributed by atoms with Gasteiger partial charge in [-0.2, -0.15) is 0 Å². The average molecular weight is 316 g/mol. The lowest BCUT2D eigenvalue weighted by atomic mass is 10.0. The molecule has 7 nitrogen and oxygen atoms in total. The molecule has 0 bridgehead atoms. The van der Waals surface area contributed by atoms with Crippen LogP contribution in [-0.4, -0.2) is 38.0 Å². The zero-order valence-electron chi connectivity index (χ0n) is 13.4. The Labute approximate surface area is 134 Å². The number of benzene rings is 1. The fourth-order valence-electron chi connectivity index (χ4n) is 2.12. The molecular weight excluding hydrogens is 296 g/mol. The van der Waals surface area contributed by atoms with Crippen molar-refractivity contribution < 1.29 is 14.7 Å². The highest BCUT2D eigenvalue weighted by Gasteiger charge is 2.23. The number of rotatable bonds is 6. The predicted molar refractivity (Wildman–Crippen MR) is 84.4 cm³/mol. The fraction of sp³-hybridized carbons (Fsp3) is 0.375. The third kappa shape index (κ3) is 4.38. The molecule has 2 aromatic rings. The van der Waals surface area contributed by atoms with Gasteiger partial charge in [-0.05, 0) is 31.4 Å². The maximum Gasteiger partial charge on any atom is 0.326 e. The van der Waals surface area contributed by atoms with Crippen molar-refractivity contribution in [1.29, 1.82) is 0 Å². The Hall–Kier alpha value is -2.70. The molecule has 0 spiro atoms. The third-order valence-electron chi connectivity index (χ3n) is 3.34. The molecule has 0 fully saturated rings. The Morgan fingerprint density at radius 1 is 1.26 bits per heavy atom. The number of nitrogens with zero attached hydrogens (tertiary/aromatic N) is 3. The number of carboxylic acid groups (broad SMARTS) is 1. The Bertz CT molecular complexity index is 692. The first-order valence-electron chi connectivity index (χ1n) is 7.40. The lowest BCUT2D eigenvalue weighted by molar-refractivity contribution is -0.139. The van der Waals surface area contributed by atoms with Crippen LogP contribution in [0.25, 0.3) is 5.69 Å². The van der Waals surface area contributed by atoms with Gasteiger partial charge in [0.2, 0.25) is 0 Å². The van der Waals surface area contributed by atoms with Crippen LogP contribution in [0.5, 0.6) is 0 Å². The molecule has 7 heteroatoms. The predicted octanol–water partition coefficient (Wildman–Crippen LogP) is 1.80. The summed E-state index contributed by atoms with van der Waals surface area (Å²) in [5.41, 5.74) is 1.98. The van der Waals surface area contributed by atoms with Gasteiger partial charge in [0.05, 0.1) is 11.9 Å². The lowest BCUT2D eigenvalue weighted by Gasteiger charge is -2.15. The molecule has 0 radical (unpaired) electrons. The van der Waals surface area contributed by atoms with Crippen LogP contribution in [0.1, 0.15) is 36.3 Å². The summed E-state index contributed by atoms with van der Waals surface area (Å²) in [5.74, 6) is -1.45. The van der Waals surface area contributed by atoms with Gasteiger partial charge in [0.15, 0.2) is 5.69 Å². The van der Waals surface area contributed by atoms with Crippen molar-refractivity contribution in [2.45, 2.75) is 33.2 Å². The summed E-state index contributed by atoms with van der Waals surface area (Å²) in [5, 5.41) is 19.4. The summed E-state index contributed by atoms with van der Waals surface area (Å²) in [4.78, 5) is 23.4. The largest absolute Gasteiger partial charge is 0.480 e. The van der Waals surface area contributed by atoms with Crippen molar-refractivity contribution in [1.82, 2.24) is 20.3 Å². The van der Waals surface area contributed by atoms with E-state index in [9.17, 15) is 14.7 Å². The summed E-state index contributed by atoms with van der Waals surface area (Å²) >= 11 is 0. The van der Waals surface area contributed by atoms with Gasteiger partial charge in [0, 0.05) is 0 Å². The Morgan fingerprint density at radius 2 is 1.91 bits per heavy atom. The molecule has 122 valence electrons. The van der Waals surface area contributed by atoms with E-state index in [4.69, 9.17) is 0 Å². The Balaban J connectivity index is 2.11. The Morgan fingerprint density at radius 3 is 2.48 bits per heavy atom. The highest BCUT2D eigenvalue weighted by atomic mass is 16.4. The molecule has 0 saturated carbocycles. The number of hydrogen-bond donors (Lipinski definition) is 2. The lowest BCUT2D eigenvalue weighted by Crippen LogP contribution is -2.41. The molecule has 0 saturated heterocycles. The van der Waals surface area contributed by atoms with Crippen LogP contribution in [0.15, 0.2) is 30.5 Å². The topological polar surface area (TPSA) is 97.1 Å². The van der Waals surface area contributed by atoms with E-state index in [1.54, 1.807) is 0 Å². The van der Waals surface area contributed by atoms with Gasteiger partial charge in [-0.1, -0.05) is 36.8 Å². The molecule has 1 aromatic carbocycles. The summed E-state index contributed by atoms with van der Waals surface area (Å²) in [6, 6.07) is 6.65. The molecular formula is C16H20N4O3. The maximum atomic E-state index is 12.1. The molecule has 2 rings (SSSR count). The van der Waals surface area contributed by atoms with Crippen molar-refractivity contribution in [2.24, 2.45) is 5.92 Å². The van der Waals surface area contributed by atoms with Gasteiger partial charge >= 0.3 is 5.97 Å². The van der Waals surface area contributed by atoms with E-state index in [1.807, 2.05) is 45.0 Å². The van der Waals surface area contributed by atoms with Crippen LogP contribution in [0.3, 0.4) is 0 Å². The number of aliphatic carboxylic acids is 1. The first kappa shape index (κ1) is 16.7. The number of hydrogen-bond acceptors (Lipinski definition) is 4. The zero-order chi connectivity index (χ0) is 17.0. The monoisotopic (exact) mass is 316 g/mol. The zero-order valence-corrected chi connectivity index (χ0v) is 13.4. The molecule has 1 atom stereocenters. The van der Waals surface area contributed by atoms with Gasteiger partial charge in [-0.25, -0.2) is 9.48 Å². The minimum absolute atomic E-state index is 0.0839. The molecule has 1 heterocycles. The average Bonchev–Trinajstić information content (AvgIpc) is 2.96. The molecule has 0 aliphatic rings. The molecule has 2 N–H and O–H groups in total. The van der Waals surface area contributed by atoms with E-state index in [2.05, 4.69) is 15.6 Å². The SMILES string of the molecule is Cc1ccc(-n2cc(C(=O)N[C@@H](CC(C)C)C(=O)O)nn2)cc1. The fourth-order valence-corrected chi connectivity index (χ4v) is 2.12. The van der Waals surface area contributed by atoms with E-state index in [0.717, 1.165) is 11.3 Å². The highest BCUT2D eigenvalue weighted by molar-refractivity contribution is 5.94. The van der Waals surface area contributed by atoms with Gasteiger partial charge in [0.1, 0.15) is 6.04 Å².